The van der Waals surface area contributed by atoms with Gasteiger partial charge in [0.05, 0.1) is 26.1 Å². The van der Waals surface area contributed by atoms with E-state index in [0.29, 0.717) is 19.1 Å². The molecule has 0 fully saturated rings. The molecule has 5 heteroatoms. The highest BCUT2D eigenvalue weighted by atomic mass is 16.5. The topological polar surface area (TPSA) is 61.8 Å². The molecule has 0 saturated carbocycles. The summed E-state index contributed by atoms with van der Waals surface area (Å²) in [5.74, 6) is -0.0930. The van der Waals surface area contributed by atoms with Crippen LogP contribution in [0.1, 0.15) is 90.9 Å². The second kappa shape index (κ2) is 18.7. The Labute approximate surface area is 160 Å². The van der Waals surface area contributed by atoms with E-state index in [9.17, 15) is 9.59 Å². The van der Waals surface area contributed by atoms with Crippen LogP contribution in [-0.2, 0) is 23.8 Å². The molecular weight excluding hydrogens is 332 g/mol. The zero-order chi connectivity index (χ0) is 19.5. The van der Waals surface area contributed by atoms with E-state index in [2.05, 4.69) is 13.8 Å². The Balaban J connectivity index is 3.71. The lowest BCUT2D eigenvalue weighted by Gasteiger charge is -2.16. The molecule has 1 unspecified atom stereocenters. The molecule has 1 atom stereocenters. The molecule has 0 aliphatic carbocycles. The molecule has 0 aliphatic rings. The summed E-state index contributed by atoms with van der Waals surface area (Å²) in [6.45, 7) is 5.97. The molecule has 0 saturated heterocycles. The van der Waals surface area contributed by atoms with Crippen molar-refractivity contribution in [3.05, 3.63) is 0 Å². The van der Waals surface area contributed by atoms with Crippen molar-refractivity contribution in [1.82, 2.24) is 0 Å². The Bertz CT molecular complexity index is 335. The Kier molecular flexibility index (Phi) is 17.9. The number of hydrogen-bond donors (Lipinski definition) is 0. The van der Waals surface area contributed by atoms with Crippen molar-refractivity contribution >= 4 is 11.9 Å². The SMILES string of the molecule is CCCCCCCOC(=O)CCC(=O)OCCC(CCCC)CCOC. The van der Waals surface area contributed by atoms with Crippen LogP contribution in [0.2, 0.25) is 0 Å². The summed E-state index contributed by atoms with van der Waals surface area (Å²) in [6.07, 6.45) is 11.2. The van der Waals surface area contributed by atoms with E-state index in [4.69, 9.17) is 14.2 Å². The molecule has 0 aromatic rings. The molecule has 0 N–H and O–H groups in total. The summed E-state index contributed by atoms with van der Waals surface area (Å²) in [5, 5.41) is 0. The molecular formula is C21H40O5. The lowest BCUT2D eigenvalue weighted by molar-refractivity contribution is -0.150. The van der Waals surface area contributed by atoms with Crippen molar-refractivity contribution in [2.45, 2.75) is 90.9 Å². The number of rotatable bonds is 18. The van der Waals surface area contributed by atoms with Gasteiger partial charge in [-0.25, -0.2) is 0 Å². The fourth-order valence-corrected chi connectivity index (χ4v) is 2.79. The zero-order valence-electron chi connectivity index (χ0n) is 17.2. The van der Waals surface area contributed by atoms with Gasteiger partial charge in [0, 0.05) is 13.7 Å². The first-order valence-electron chi connectivity index (χ1n) is 10.4. The number of methoxy groups -OCH3 is 1. The molecule has 0 heterocycles. The number of carbonyl (C=O) groups is 2. The largest absolute Gasteiger partial charge is 0.466 e. The molecule has 0 rings (SSSR count). The maximum absolute atomic E-state index is 11.8. The number of esters is 2. The van der Waals surface area contributed by atoms with Gasteiger partial charge in [0.1, 0.15) is 0 Å². The molecule has 154 valence electrons. The number of ether oxygens (including phenoxy) is 3. The second-order valence-electron chi connectivity index (χ2n) is 6.93. The van der Waals surface area contributed by atoms with Crippen molar-refractivity contribution in [2.24, 2.45) is 5.92 Å². The Morgan fingerprint density at radius 2 is 1.27 bits per heavy atom. The summed E-state index contributed by atoms with van der Waals surface area (Å²) in [4.78, 5) is 23.4. The van der Waals surface area contributed by atoms with Crippen LogP contribution in [0.3, 0.4) is 0 Å². The van der Waals surface area contributed by atoms with Gasteiger partial charge in [-0.15, -0.1) is 0 Å². The van der Waals surface area contributed by atoms with Crippen molar-refractivity contribution in [3.63, 3.8) is 0 Å². The minimum atomic E-state index is -0.314. The summed E-state index contributed by atoms with van der Waals surface area (Å²) in [5.41, 5.74) is 0. The van der Waals surface area contributed by atoms with Crippen LogP contribution in [0.4, 0.5) is 0 Å². The van der Waals surface area contributed by atoms with Gasteiger partial charge in [0.15, 0.2) is 0 Å². The molecule has 0 aromatic heterocycles. The number of unbranched alkanes of at least 4 members (excludes halogenated alkanes) is 5. The lowest BCUT2D eigenvalue weighted by atomic mass is 9.96. The molecule has 0 spiro atoms. The smallest absolute Gasteiger partial charge is 0.306 e. The van der Waals surface area contributed by atoms with Crippen molar-refractivity contribution < 1.29 is 23.8 Å². The highest BCUT2D eigenvalue weighted by Gasteiger charge is 2.12. The minimum absolute atomic E-state index is 0.104. The van der Waals surface area contributed by atoms with E-state index < -0.39 is 0 Å². The molecule has 26 heavy (non-hydrogen) atoms. The predicted molar refractivity (Wildman–Crippen MR) is 104 cm³/mol. The molecule has 0 aromatic carbocycles. The molecule has 0 aliphatic heterocycles. The number of hydrogen-bond acceptors (Lipinski definition) is 5. The van der Waals surface area contributed by atoms with Gasteiger partial charge in [0.25, 0.3) is 0 Å². The summed E-state index contributed by atoms with van der Waals surface area (Å²) < 4.78 is 15.6. The predicted octanol–water partition coefficient (Wildman–Crippen LogP) is 5.06. The second-order valence-corrected chi connectivity index (χ2v) is 6.93. The van der Waals surface area contributed by atoms with Gasteiger partial charge in [-0.2, -0.15) is 0 Å². The van der Waals surface area contributed by atoms with Crippen LogP contribution in [0.15, 0.2) is 0 Å². The van der Waals surface area contributed by atoms with Gasteiger partial charge in [-0.3, -0.25) is 9.59 Å². The summed E-state index contributed by atoms with van der Waals surface area (Å²) in [6, 6.07) is 0. The zero-order valence-corrected chi connectivity index (χ0v) is 17.2. The minimum Gasteiger partial charge on any atom is -0.466 e. The van der Waals surface area contributed by atoms with Crippen LogP contribution in [0, 0.1) is 5.92 Å². The average Bonchev–Trinajstić information content (AvgIpc) is 2.64. The van der Waals surface area contributed by atoms with Gasteiger partial charge in [0.2, 0.25) is 0 Å². The monoisotopic (exact) mass is 372 g/mol. The van der Waals surface area contributed by atoms with Crippen molar-refractivity contribution in [3.8, 4) is 0 Å². The van der Waals surface area contributed by atoms with Crippen LogP contribution >= 0.6 is 0 Å². The fourth-order valence-electron chi connectivity index (χ4n) is 2.79. The Hall–Kier alpha value is -1.10. The third-order valence-electron chi connectivity index (χ3n) is 4.53. The van der Waals surface area contributed by atoms with E-state index in [1.807, 2.05) is 0 Å². The standard InChI is InChI=1S/C21H40O5/c1-4-6-8-9-10-16-25-20(22)12-13-21(23)26-18-15-19(11-7-5-2)14-17-24-3/h19H,4-18H2,1-3H3. The Morgan fingerprint density at radius 3 is 1.88 bits per heavy atom. The maximum atomic E-state index is 11.8. The first-order chi connectivity index (χ1) is 12.6. The third kappa shape index (κ3) is 16.4. The highest BCUT2D eigenvalue weighted by Crippen LogP contribution is 2.17. The molecule has 5 nitrogen and oxygen atoms in total. The molecule has 0 radical (unpaired) electrons. The fraction of sp³-hybridized carbons (Fsp3) is 0.905. The van der Waals surface area contributed by atoms with Gasteiger partial charge >= 0.3 is 11.9 Å². The summed E-state index contributed by atoms with van der Waals surface area (Å²) >= 11 is 0. The van der Waals surface area contributed by atoms with Gasteiger partial charge in [-0.1, -0.05) is 58.8 Å². The van der Waals surface area contributed by atoms with Gasteiger partial charge < -0.3 is 14.2 Å². The van der Waals surface area contributed by atoms with E-state index in [1.165, 1.54) is 32.1 Å². The van der Waals surface area contributed by atoms with E-state index in [0.717, 1.165) is 38.7 Å². The lowest BCUT2D eigenvalue weighted by Crippen LogP contribution is -2.14. The van der Waals surface area contributed by atoms with E-state index in [-0.39, 0.29) is 24.8 Å². The quantitative estimate of drug-likeness (QED) is 0.249. The van der Waals surface area contributed by atoms with Crippen LogP contribution < -0.4 is 0 Å². The maximum Gasteiger partial charge on any atom is 0.306 e. The Morgan fingerprint density at radius 1 is 0.692 bits per heavy atom. The number of carbonyl (C=O) groups excluding carboxylic acids is 2. The normalized spacial score (nSPS) is 12.0. The summed E-state index contributed by atoms with van der Waals surface area (Å²) in [7, 11) is 1.71. The first kappa shape index (κ1) is 24.9. The third-order valence-corrected chi connectivity index (χ3v) is 4.53. The molecule has 0 bridgehead atoms. The van der Waals surface area contributed by atoms with Crippen LogP contribution in [0.25, 0.3) is 0 Å². The highest BCUT2D eigenvalue weighted by molar-refractivity contribution is 5.77. The van der Waals surface area contributed by atoms with Crippen LogP contribution in [-0.4, -0.2) is 38.9 Å². The van der Waals surface area contributed by atoms with E-state index >= 15 is 0 Å². The van der Waals surface area contributed by atoms with Crippen molar-refractivity contribution in [2.75, 3.05) is 26.9 Å². The van der Waals surface area contributed by atoms with Crippen LogP contribution in [0.5, 0.6) is 0 Å². The van der Waals surface area contributed by atoms with Gasteiger partial charge in [-0.05, 0) is 25.2 Å². The van der Waals surface area contributed by atoms with Crippen molar-refractivity contribution in [1.29, 1.82) is 0 Å². The average molecular weight is 373 g/mol. The van der Waals surface area contributed by atoms with E-state index in [1.54, 1.807) is 7.11 Å². The first-order valence-corrected chi connectivity index (χ1v) is 10.4. The molecule has 0 amide bonds.